The van der Waals surface area contributed by atoms with Crippen LogP contribution in [0.3, 0.4) is 0 Å². The molecule has 4 aromatic rings. The quantitative estimate of drug-likeness (QED) is 0.479. The molecule has 0 aliphatic rings. The molecular formula is C23H23N5O. The Balaban J connectivity index is 1.45. The van der Waals surface area contributed by atoms with E-state index in [2.05, 4.69) is 43.8 Å². The molecule has 29 heavy (non-hydrogen) atoms. The molecule has 2 N–H and O–H groups in total. The molecule has 2 heterocycles. The Morgan fingerprint density at radius 1 is 0.931 bits per heavy atom. The predicted octanol–water partition coefficient (Wildman–Crippen LogP) is 4.74. The second-order valence-electron chi connectivity index (χ2n) is 6.76. The highest BCUT2D eigenvalue weighted by Crippen LogP contribution is 2.23. The van der Waals surface area contributed by atoms with Crippen molar-refractivity contribution in [3.8, 4) is 5.75 Å². The van der Waals surface area contributed by atoms with Crippen LogP contribution in [-0.4, -0.2) is 28.6 Å². The first-order chi connectivity index (χ1) is 14.2. The van der Waals surface area contributed by atoms with E-state index in [-0.39, 0.29) is 0 Å². The summed E-state index contributed by atoms with van der Waals surface area (Å²) >= 11 is 0. The molecule has 6 heteroatoms. The third-order valence-corrected chi connectivity index (χ3v) is 4.74. The van der Waals surface area contributed by atoms with Crippen molar-refractivity contribution in [2.75, 3.05) is 24.3 Å². The van der Waals surface area contributed by atoms with E-state index in [0.717, 1.165) is 46.7 Å². The van der Waals surface area contributed by atoms with E-state index in [9.17, 15) is 0 Å². The topological polar surface area (TPSA) is 72.0 Å². The summed E-state index contributed by atoms with van der Waals surface area (Å²) in [6, 6.07) is 18.2. The van der Waals surface area contributed by atoms with Crippen molar-refractivity contribution < 1.29 is 4.74 Å². The minimum Gasteiger partial charge on any atom is -0.497 e. The lowest BCUT2D eigenvalue weighted by atomic mass is 10.1. The first-order valence-corrected chi connectivity index (χ1v) is 9.54. The Labute approximate surface area is 170 Å². The molecule has 0 amide bonds. The number of hydrogen-bond donors (Lipinski definition) is 2. The number of hydrogen-bond acceptors (Lipinski definition) is 6. The van der Waals surface area contributed by atoms with Crippen LogP contribution in [0, 0.1) is 6.92 Å². The zero-order valence-electron chi connectivity index (χ0n) is 16.5. The van der Waals surface area contributed by atoms with Gasteiger partial charge >= 0.3 is 0 Å². The Hall–Kier alpha value is -3.67. The van der Waals surface area contributed by atoms with Gasteiger partial charge in [0, 0.05) is 29.9 Å². The largest absolute Gasteiger partial charge is 0.497 e. The van der Waals surface area contributed by atoms with Crippen LogP contribution in [0.4, 0.5) is 17.6 Å². The predicted molar refractivity (Wildman–Crippen MR) is 117 cm³/mol. The number of pyridine rings is 1. The monoisotopic (exact) mass is 385 g/mol. The van der Waals surface area contributed by atoms with E-state index in [4.69, 9.17) is 4.74 Å². The van der Waals surface area contributed by atoms with Gasteiger partial charge in [-0.25, -0.2) is 9.97 Å². The number of rotatable bonds is 7. The minimum absolute atomic E-state index is 0.520. The zero-order valence-corrected chi connectivity index (χ0v) is 16.5. The van der Waals surface area contributed by atoms with Crippen molar-refractivity contribution in [1.82, 2.24) is 15.0 Å². The fourth-order valence-electron chi connectivity index (χ4n) is 3.12. The number of nitrogens with zero attached hydrogens (tertiary/aromatic N) is 3. The second-order valence-corrected chi connectivity index (χ2v) is 6.76. The maximum atomic E-state index is 5.20. The lowest BCUT2D eigenvalue weighted by Gasteiger charge is -2.12. The summed E-state index contributed by atoms with van der Waals surface area (Å²) in [5.41, 5.74) is 2.24. The van der Waals surface area contributed by atoms with Crippen LogP contribution in [0.5, 0.6) is 5.75 Å². The Kier molecular flexibility index (Phi) is 5.52. The fourth-order valence-corrected chi connectivity index (χ4v) is 3.12. The van der Waals surface area contributed by atoms with Crippen LogP contribution in [0.25, 0.3) is 10.8 Å². The molecule has 0 unspecified atom stereocenters. The van der Waals surface area contributed by atoms with E-state index in [0.29, 0.717) is 5.95 Å². The molecule has 0 saturated carbocycles. The van der Waals surface area contributed by atoms with E-state index in [1.165, 1.54) is 5.56 Å². The number of fused-ring (bicyclic) bond motifs is 1. The summed E-state index contributed by atoms with van der Waals surface area (Å²) in [6.45, 7) is 2.77. The summed E-state index contributed by atoms with van der Waals surface area (Å²) in [7, 11) is 1.67. The van der Waals surface area contributed by atoms with Gasteiger partial charge in [0.15, 0.2) is 0 Å². The summed E-state index contributed by atoms with van der Waals surface area (Å²) < 4.78 is 5.20. The molecule has 0 atom stereocenters. The van der Waals surface area contributed by atoms with Gasteiger partial charge in [0.1, 0.15) is 17.4 Å². The lowest BCUT2D eigenvalue weighted by molar-refractivity contribution is 0.414. The van der Waals surface area contributed by atoms with Gasteiger partial charge in [-0.1, -0.05) is 36.4 Å². The molecule has 0 aliphatic heterocycles. The standard InChI is InChI=1S/C23H23N5O/c1-16-15-26-23(28-22-20-6-4-3-5-18(20)12-14-25-22)27-21(16)24-13-11-17-7-9-19(29-2)10-8-17/h3-10,12,14-15H,11,13H2,1-2H3,(H2,24,25,26,27,28). The molecule has 2 aromatic heterocycles. The number of aryl methyl sites for hydroxylation is 1. The van der Waals surface area contributed by atoms with Crippen molar-refractivity contribution in [2.45, 2.75) is 13.3 Å². The molecule has 0 radical (unpaired) electrons. The Morgan fingerprint density at radius 3 is 2.59 bits per heavy atom. The maximum absolute atomic E-state index is 5.20. The van der Waals surface area contributed by atoms with Gasteiger partial charge in [0.2, 0.25) is 5.95 Å². The number of nitrogens with one attached hydrogen (secondary N) is 2. The average Bonchev–Trinajstić information content (AvgIpc) is 2.76. The highest BCUT2D eigenvalue weighted by Gasteiger charge is 2.07. The number of benzene rings is 2. The summed E-state index contributed by atoms with van der Waals surface area (Å²) in [4.78, 5) is 13.5. The van der Waals surface area contributed by atoms with Gasteiger partial charge in [0.25, 0.3) is 0 Å². The van der Waals surface area contributed by atoms with Crippen LogP contribution in [-0.2, 0) is 6.42 Å². The molecule has 0 fully saturated rings. The van der Waals surface area contributed by atoms with E-state index in [1.807, 2.05) is 49.5 Å². The van der Waals surface area contributed by atoms with E-state index in [1.54, 1.807) is 13.3 Å². The van der Waals surface area contributed by atoms with Crippen molar-refractivity contribution in [2.24, 2.45) is 0 Å². The van der Waals surface area contributed by atoms with Crippen LogP contribution in [0.1, 0.15) is 11.1 Å². The molecule has 4 rings (SSSR count). The molecule has 0 saturated heterocycles. The first-order valence-electron chi connectivity index (χ1n) is 9.54. The summed E-state index contributed by atoms with van der Waals surface area (Å²) in [5, 5.41) is 8.81. The third kappa shape index (κ3) is 4.43. The van der Waals surface area contributed by atoms with Gasteiger partial charge < -0.3 is 15.4 Å². The fraction of sp³-hybridized carbons (Fsp3) is 0.174. The Bertz CT molecular complexity index is 1110. The summed E-state index contributed by atoms with van der Waals surface area (Å²) in [5.74, 6) is 2.95. The third-order valence-electron chi connectivity index (χ3n) is 4.74. The molecule has 0 aliphatic carbocycles. The smallest absolute Gasteiger partial charge is 0.230 e. The Morgan fingerprint density at radius 2 is 1.76 bits per heavy atom. The molecule has 2 aromatic carbocycles. The SMILES string of the molecule is COc1ccc(CCNc2nc(Nc3nccc4ccccc34)ncc2C)cc1. The van der Waals surface area contributed by atoms with E-state index < -0.39 is 0 Å². The van der Waals surface area contributed by atoms with Crippen molar-refractivity contribution in [3.05, 3.63) is 78.1 Å². The number of methoxy groups -OCH3 is 1. The molecule has 6 nitrogen and oxygen atoms in total. The van der Waals surface area contributed by atoms with Gasteiger partial charge in [-0.15, -0.1) is 0 Å². The van der Waals surface area contributed by atoms with Crippen molar-refractivity contribution in [1.29, 1.82) is 0 Å². The number of ether oxygens (including phenoxy) is 1. The minimum atomic E-state index is 0.520. The van der Waals surface area contributed by atoms with Crippen molar-refractivity contribution >= 4 is 28.4 Å². The number of anilines is 3. The van der Waals surface area contributed by atoms with Crippen LogP contribution < -0.4 is 15.4 Å². The van der Waals surface area contributed by atoms with Gasteiger partial charge in [-0.05, 0) is 42.5 Å². The van der Waals surface area contributed by atoms with Gasteiger partial charge in [-0.3, -0.25) is 0 Å². The van der Waals surface area contributed by atoms with Crippen molar-refractivity contribution in [3.63, 3.8) is 0 Å². The lowest BCUT2D eigenvalue weighted by Crippen LogP contribution is -2.10. The first kappa shape index (κ1) is 18.7. The molecule has 0 spiro atoms. The average molecular weight is 385 g/mol. The second kappa shape index (κ2) is 8.56. The summed E-state index contributed by atoms with van der Waals surface area (Å²) in [6.07, 6.45) is 4.49. The maximum Gasteiger partial charge on any atom is 0.230 e. The van der Waals surface area contributed by atoms with Crippen LogP contribution >= 0.6 is 0 Å². The van der Waals surface area contributed by atoms with Crippen LogP contribution in [0.2, 0.25) is 0 Å². The van der Waals surface area contributed by atoms with Gasteiger partial charge in [-0.2, -0.15) is 4.98 Å². The molecule has 146 valence electrons. The normalized spacial score (nSPS) is 10.7. The van der Waals surface area contributed by atoms with E-state index >= 15 is 0 Å². The molecule has 0 bridgehead atoms. The highest BCUT2D eigenvalue weighted by atomic mass is 16.5. The number of aromatic nitrogens is 3. The zero-order chi connectivity index (χ0) is 20.1. The highest BCUT2D eigenvalue weighted by molar-refractivity contribution is 5.92. The van der Waals surface area contributed by atoms with Crippen LogP contribution in [0.15, 0.2) is 67.0 Å². The molecular weight excluding hydrogens is 362 g/mol. The van der Waals surface area contributed by atoms with Gasteiger partial charge in [0.05, 0.1) is 7.11 Å².